The van der Waals surface area contributed by atoms with E-state index in [1.807, 2.05) is 6.92 Å². The quantitative estimate of drug-likeness (QED) is 0.831. The molecular formula is C15H23BrN2O2S. The Kier molecular flexibility index (Phi) is 5.82. The van der Waals surface area contributed by atoms with Crippen molar-refractivity contribution >= 4 is 26.0 Å². The SMILES string of the molecule is CC(NS(=O)(=O)c1ccc(CN)cc1Br)C1CCCCC1. The molecule has 6 heteroatoms. The van der Waals surface area contributed by atoms with Gasteiger partial charge in [-0.15, -0.1) is 0 Å². The molecule has 0 bridgehead atoms. The molecule has 1 fully saturated rings. The fourth-order valence-corrected chi connectivity index (χ4v) is 5.37. The standard InChI is InChI=1S/C15H23BrN2O2S/c1-11(13-5-3-2-4-6-13)18-21(19,20)15-8-7-12(10-17)9-14(15)16/h7-9,11,13,18H,2-6,10,17H2,1H3. The molecule has 1 aromatic carbocycles. The van der Waals surface area contributed by atoms with E-state index in [0.29, 0.717) is 16.9 Å². The van der Waals surface area contributed by atoms with Gasteiger partial charge < -0.3 is 5.73 Å². The van der Waals surface area contributed by atoms with Gasteiger partial charge in [0.2, 0.25) is 10.0 Å². The Morgan fingerprint density at radius 3 is 2.57 bits per heavy atom. The summed E-state index contributed by atoms with van der Waals surface area (Å²) in [4.78, 5) is 0.280. The molecule has 21 heavy (non-hydrogen) atoms. The average Bonchev–Trinajstić information content (AvgIpc) is 2.47. The second kappa shape index (κ2) is 7.22. The van der Waals surface area contributed by atoms with Crippen LogP contribution in [0.15, 0.2) is 27.6 Å². The van der Waals surface area contributed by atoms with Crippen molar-refractivity contribution in [2.45, 2.75) is 56.5 Å². The number of nitrogens with one attached hydrogen (secondary N) is 1. The van der Waals surface area contributed by atoms with Crippen molar-refractivity contribution in [3.05, 3.63) is 28.2 Å². The van der Waals surface area contributed by atoms with Crippen LogP contribution in [0.1, 0.15) is 44.6 Å². The maximum Gasteiger partial charge on any atom is 0.241 e. The van der Waals surface area contributed by atoms with Crippen LogP contribution in [0.25, 0.3) is 0 Å². The number of hydrogen-bond donors (Lipinski definition) is 2. The molecule has 0 aromatic heterocycles. The highest BCUT2D eigenvalue weighted by molar-refractivity contribution is 9.10. The lowest BCUT2D eigenvalue weighted by Gasteiger charge is -2.28. The highest BCUT2D eigenvalue weighted by atomic mass is 79.9. The summed E-state index contributed by atoms with van der Waals surface area (Å²) in [7, 11) is -3.50. The molecule has 3 N–H and O–H groups in total. The van der Waals surface area contributed by atoms with E-state index in [2.05, 4.69) is 20.7 Å². The molecule has 0 radical (unpaired) electrons. The first kappa shape index (κ1) is 16.9. The van der Waals surface area contributed by atoms with Gasteiger partial charge in [-0.2, -0.15) is 0 Å². The Labute approximate surface area is 135 Å². The molecule has 0 aliphatic heterocycles. The van der Waals surface area contributed by atoms with E-state index in [4.69, 9.17) is 5.73 Å². The predicted molar refractivity (Wildman–Crippen MR) is 88.4 cm³/mol. The zero-order valence-electron chi connectivity index (χ0n) is 12.3. The lowest BCUT2D eigenvalue weighted by atomic mass is 9.85. The van der Waals surface area contributed by atoms with Crippen molar-refractivity contribution in [3.8, 4) is 0 Å². The molecule has 1 aliphatic carbocycles. The highest BCUT2D eigenvalue weighted by Crippen LogP contribution is 2.28. The number of benzene rings is 1. The van der Waals surface area contributed by atoms with Gasteiger partial charge in [-0.25, -0.2) is 13.1 Å². The van der Waals surface area contributed by atoms with E-state index in [0.717, 1.165) is 18.4 Å². The minimum Gasteiger partial charge on any atom is -0.326 e. The third-order valence-electron chi connectivity index (χ3n) is 4.22. The molecule has 0 amide bonds. The van der Waals surface area contributed by atoms with Gasteiger partial charge in [0.1, 0.15) is 0 Å². The summed E-state index contributed by atoms with van der Waals surface area (Å²) in [6, 6.07) is 5.10. The van der Waals surface area contributed by atoms with Gasteiger partial charge in [0, 0.05) is 17.1 Å². The van der Waals surface area contributed by atoms with Crippen LogP contribution in [0.5, 0.6) is 0 Å². The summed E-state index contributed by atoms with van der Waals surface area (Å²) >= 11 is 3.33. The predicted octanol–water partition coefficient (Wildman–Crippen LogP) is 3.15. The molecule has 1 atom stereocenters. The number of halogens is 1. The zero-order chi connectivity index (χ0) is 15.5. The van der Waals surface area contributed by atoms with Crippen LogP contribution in [-0.2, 0) is 16.6 Å². The number of rotatable bonds is 5. The summed E-state index contributed by atoms with van der Waals surface area (Å²) in [5.41, 5.74) is 6.47. The van der Waals surface area contributed by atoms with Gasteiger partial charge in [0.15, 0.2) is 0 Å². The molecule has 1 aromatic rings. The van der Waals surface area contributed by atoms with Crippen molar-refractivity contribution < 1.29 is 8.42 Å². The second-order valence-corrected chi connectivity index (χ2v) is 8.31. The van der Waals surface area contributed by atoms with Gasteiger partial charge in [0.25, 0.3) is 0 Å². The lowest BCUT2D eigenvalue weighted by molar-refractivity contribution is 0.303. The Balaban J connectivity index is 2.14. The van der Waals surface area contributed by atoms with Crippen LogP contribution >= 0.6 is 15.9 Å². The molecule has 0 saturated heterocycles. The monoisotopic (exact) mass is 374 g/mol. The van der Waals surface area contributed by atoms with Gasteiger partial charge >= 0.3 is 0 Å². The third-order valence-corrected chi connectivity index (χ3v) is 6.76. The number of sulfonamides is 1. The Hall–Kier alpha value is -0.430. The summed E-state index contributed by atoms with van der Waals surface area (Å²) < 4.78 is 28.5. The summed E-state index contributed by atoms with van der Waals surface area (Å²) in [6.07, 6.45) is 5.88. The largest absolute Gasteiger partial charge is 0.326 e. The third kappa shape index (κ3) is 4.28. The fraction of sp³-hybridized carbons (Fsp3) is 0.600. The lowest BCUT2D eigenvalue weighted by Crippen LogP contribution is -2.38. The second-order valence-electron chi connectivity index (χ2n) is 5.78. The first-order chi connectivity index (χ1) is 9.94. The van der Waals surface area contributed by atoms with E-state index in [1.165, 1.54) is 19.3 Å². The van der Waals surface area contributed by atoms with Gasteiger partial charge in [-0.3, -0.25) is 0 Å². The molecule has 1 unspecified atom stereocenters. The smallest absolute Gasteiger partial charge is 0.241 e. The molecule has 0 heterocycles. The van der Waals surface area contributed by atoms with Crippen LogP contribution < -0.4 is 10.5 Å². The van der Waals surface area contributed by atoms with Crippen molar-refractivity contribution in [2.24, 2.45) is 11.7 Å². The van der Waals surface area contributed by atoms with E-state index in [1.54, 1.807) is 18.2 Å². The van der Waals surface area contributed by atoms with Crippen LogP contribution in [0.4, 0.5) is 0 Å². The summed E-state index contributed by atoms with van der Waals surface area (Å²) in [5, 5.41) is 0. The van der Waals surface area contributed by atoms with Crippen LogP contribution in [0.3, 0.4) is 0 Å². The van der Waals surface area contributed by atoms with Crippen molar-refractivity contribution in [3.63, 3.8) is 0 Å². The zero-order valence-corrected chi connectivity index (χ0v) is 14.7. The van der Waals surface area contributed by atoms with Crippen LogP contribution in [-0.4, -0.2) is 14.5 Å². The van der Waals surface area contributed by atoms with Gasteiger partial charge in [0.05, 0.1) is 4.90 Å². The van der Waals surface area contributed by atoms with E-state index < -0.39 is 10.0 Å². The molecule has 1 aliphatic rings. The van der Waals surface area contributed by atoms with Crippen molar-refractivity contribution in [2.75, 3.05) is 0 Å². The molecule has 4 nitrogen and oxygen atoms in total. The van der Waals surface area contributed by atoms with Gasteiger partial charge in [-0.05, 0) is 59.3 Å². The van der Waals surface area contributed by atoms with Gasteiger partial charge in [-0.1, -0.05) is 25.3 Å². The first-order valence-corrected chi connectivity index (χ1v) is 9.72. The van der Waals surface area contributed by atoms with E-state index in [9.17, 15) is 8.42 Å². The highest BCUT2D eigenvalue weighted by Gasteiger charge is 2.26. The first-order valence-electron chi connectivity index (χ1n) is 7.45. The normalized spacial score (nSPS) is 18.6. The average molecular weight is 375 g/mol. The number of hydrogen-bond acceptors (Lipinski definition) is 3. The minimum absolute atomic E-state index is 0.0311. The summed E-state index contributed by atoms with van der Waals surface area (Å²) in [5.74, 6) is 0.440. The number of nitrogens with two attached hydrogens (primary N) is 1. The van der Waals surface area contributed by atoms with Crippen LogP contribution in [0.2, 0.25) is 0 Å². The molecule has 1 saturated carbocycles. The summed E-state index contributed by atoms with van der Waals surface area (Å²) in [6.45, 7) is 2.36. The topological polar surface area (TPSA) is 72.2 Å². The Morgan fingerprint density at radius 1 is 1.33 bits per heavy atom. The van der Waals surface area contributed by atoms with Crippen LogP contribution in [0, 0.1) is 5.92 Å². The minimum atomic E-state index is -3.50. The maximum absolute atomic E-state index is 12.5. The molecular weight excluding hydrogens is 352 g/mol. The van der Waals surface area contributed by atoms with Crippen molar-refractivity contribution in [1.82, 2.24) is 4.72 Å². The Bertz CT molecular complexity index is 583. The maximum atomic E-state index is 12.5. The molecule has 2 rings (SSSR count). The van der Waals surface area contributed by atoms with Crippen molar-refractivity contribution in [1.29, 1.82) is 0 Å². The van der Waals surface area contributed by atoms with E-state index in [-0.39, 0.29) is 10.9 Å². The molecule has 0 spiro atoms. The molecule has 118 valence electrons. The Morgan fingerprint density at radius 2 is 2.00 bits per heavy atom. The fourth-order valence-electron chi connectivity index (χ4n) is 2.93. The van der Waals surface area contributed by atoms with E-state index >= 15 is 0 Å².